The van der Waals surface area contributed by atoms with Gasteiger partial charge in [0.25, 0.3) is 0 Å². The van der Waals surface area contributed by atoms with Crippen molar-refractivity contribution >= 4 is 11.5 Å². The number of rotatable bonds is 1. The first-order chi connectivity index (χ1) is 9.92. The normalized spacial score (nSPS) is 17.1. The minimum absolute atomic E-state index is 0.678. The molecule has 0 amide bonds. The first-order valence-electron chi connectivity index (χ1n) is 6.97. The molecule has 20 heavy (non-hydrogen) atoms. The fourth-order valence-electron chi connectivity index (χ4n) is 2.78. The first-order valence-corrected chi connectivity index (χ1v) is 6.97. The number of para-hydroxylation sites is 2. The lowest BCUT2D eigenvalue weighted by Crippen LogP contribution is -2.31. The number of benzene rings is 1. The molecule has 1 N–H and O–H groups in total. The van der Waals surface area contributed by atoms with Gasteiger partial charge in [0.2, 0.25) is 0 Å². The summed E-state index contributed by atoms with van der Waals surface area (Å²) in [4.78, 5) is 2.19. The third kappa shape index (κ3) is 1.91. The second kappa shape index (κ2) is 4.76. The van der Waals surface area contributed by atoms with Gasteiger partial charge in [-0.3, -0.25) is 0 Å². The van der Waals surface area contributed by atoms with E-state index < -0.39 is 0 Å². The molecule has 0 aliphatic carbocycles. The molecule has 0 spiro atoms. The van der Waals surface area contributed by atoms with Crippen LogP contribution in [0.4, 0.5) is 11.5 Å². The zero-order chi connectivity index (χ0) is 13.4. The zero-order valence-electron chi connectivity index (χ0n) is 11.2. The van der Waals surface area contributed by atoms with Gasteiger partial charge in [0, 0.05) is 6.54 Å². The molecule has 0 radical (unpaired) electrons. The van der Waals surface area contributed by atoms with Crippen LogP contribution in [-0.4, -0.2) is 29.9 Å². The van der Waals surface area contributed by atoms with Gasteiger partial charge in [-0.25, -0.2) is 0 Å². The third-order valence-electron chi connectivity index (χ3n) is 3.82. The maximum Gasteiger partial charge on any atom is 0.156 e. The molecule has 0 fully saturated rings. The highest BCUT2D eigenvalue weighted by Crippen LogP contribution is 2.35. The highest BCUT2D eigenvalue weighted by Gasteiger charge is 2.21. The summed E-state index contributed by atoms with van der Waals surface area (Å²) in [7, 11) is 0. The van der Waals surface area contributed by atoms with Crippen LogP contribution in [0.3, 0.4) is 0 Å². The number of nitrogens with zero attached hydrogens (tertiary/aromatic N) is 3. The molecule has 1 aromatic heterocycles. The minimum Gasteiger partial charge on any atom is -0.490 e. The molecule has 0 bridgehead atoms. The number of fused-ring (bicyclic) bond motifs is 2. The molecule has 4 rings (SSSR count). The molecule has 5 nitrogen and oxygen atoms in total. The van der Waals surface area contributed by atoms with Crippen LogP contribution in [0, 0.1) is 0 Å². The Morgan fingerprint density at radius 1 is 1.20 bits per heavy atom. The van der Waals surface area contributed by atoms with E-state index in [0.717, 1.165) is 49.0 Å². The Morgan fingerprint density at radius 3 is 3.15 bits per heavy atom. The van der Waals surface area contributed by atoms with Crippen LogP contribution in [-0.2, 0) is 13.0 Å². The van der Waals surface area contributed by atoms with Crippen molar-refractivity contribution in [2.24, 2.45) is 0 Å². The van der Waals surface area contributed by atoms with Gasteiger partial charge in [0.15, 0.2) is 5.82 Å². The predicted octanol–water partition coefficient (Wildman–Crippen LogP) is 1.65. The van der Waals surface area contributed by atoms with E-state index in [9.17, 15) is 0 Å². The molecule has 0 unspecified atom stereocenters. The number of hydrogen-bond acceptors (Lipinski definition) is 5. The van der Waals surface area contributed by atoms with E-state index in [0.29, 0.717) is 6.61 Å². The van der Waals surface area contributed by atoms with Crippen LogP contribution >= 0.6 is 0 Å². The molecule has 2 aliphatic rings. The largest absolute Gasteiger partial charge is 0.490 e. The van der Waals surface area contributed by atoms with E-state index in [1.54, 1.807) is 0 Å². The minimum atomic E-state index is 0.678. The van der Waals surface area contributed by atoms with Crippen molar-refractivity contribution in [3.63, 3.8) is 0 Å². The summed E-state index contributed by atoms with van der Waals surface area (Å²) in [6.45, 7) is 3.32. The maximum absolute atomic E-state index is 5.69. The van der Waals surface area contributed by atoms with Crippen LogP contribution in [0.2, 0.25) is 0 Å². The summed E-state index contributed by atoms with van der Waals surface area (Å²) in [5, 5.41) is 12.1. The van der Waals surface area contributed by atoms with Gasteiger partial charge < -0.3 is 15.0 Å². The van der Waals surface area contributed by atoms with Gasteiger partial charge in [0.05, 0.1) is 17.9 Å². The van der Waals surface area contributed by atoms with E-state index in [2.05, 4.69) is 32.5 Å². The van der Waals surface area contributed by atoms with E-state index in [4.69, 9.17) is 4.74 Å². The lowest BCUT2D eigenvalue weighted by atomic mass is 10.1. The lowest BCUT2D eigenvalue weighted by Gasteiger charge is -2.30. The molecule has 0 saturated heterocycles. The van der Waals surface area contributed by atoms with Crippen molar-refractivity contribution in [2.75, 3.05) is 24.6 Å². The first kappa shape index (κ1) is 11.7. The monoisotopic (exact) mass is 268 g/mol. The molecule has 5 heteroatoms. The molecular formula is C15H16N4O. The van der Waals surface area contributed by atoms with E-state index in [-0.39, 0.29) is 0 Å². The Balaban J connectivity index is 1.75. The van der Waals surface area contributed by atoms with Gasteiger partial charge in [-0.1, -0.05) is 12.1 Å². The number of aromatic nitrogens is 2. The standard InChI is InChI=1S/C15H16N4O/c1-2-4-14-13(3-1)19(7-8-20-14)15-9-11-5-6-16-10-12(11)17-18-15/h1-4,9,16H,5-8,10H2. The van der Waals surface area contributed by atoms with Crippen LogP contribution in [0.15, 0.2) is 30.3 Å². The molecular weight excluding hydrogens is 252 g/mol. The van der Waals surface area contributed by atoms with Crippen LogP contribution < -0.4 is 15.0 Å². The third-order valence-corrected chi connectivity index (χ3v) is 3.82. The summed E-state index contributed by atoms with van der Waals surface area (Å²) in [6, 6.07) is 10.3. The van der Waals surface area contributed by atoms with Gasteiger partial charge in [-0.2, -0.15) is 5.10 Å². The van der Waals surface area contributed by atoms with Crippen molar-refractivity contribution < 1.29 is 4.74 Å². The number of anilines is 2. The Bertz CT molecular complexity index is 644. The summed E-state index contributed by atoms with van der Waals surface area (Å²) in [6.07, 6.45) is 1.02. The molecule has 102 valence electrons. The molecule has 0 saturated carbocycles. The Kier molecular flexibility index (Phi) is 2.77. The van der Waals surface area contributed by atoms with E-state index in [1.165, 1.54) is 5.56 Å². The van der Waals surface area contributed by atoms with Crippen LogP contribution in [0.25, 0.3) is 0 Å². The topological polar surface area (TPSA) is 50.3 Å². The fraction of sp³-hybridized carbons (Fsp3) is 0.333. The second-order valence-corrected chi connectivity index (χ2v) is 5.07. The lowest BCUT2D eigenvalue weighted by molar-refractivity contribution is 0.313. The van der Waals surface area contributed by atoms with E-state index in [1.807, 2.05) is 18.2 Å². The van der Waals surface area contributed by atoms with Crippen molar-refractivity contribution in [1.29, 1.82) is 0 Å². The number of nitrogens with one attached hydrogen (secondary N) is 1. The number of ether oxygens (including phenoxy) is 1. The molecule has 3 heterocycles. The summed E-state index contributed by atoms with van der Waals surface area (Å²) < 4.78 is 5.69. The Labute approximate surface area is 117 Å². The van der Waals surface area contributed by atoms with Crippen molar-refractivity contribution in [1.82, 2.24) is 15.5 Å². The van der Waals surface area contributed by atoms with E-state index >= 15 is 0 Å². The maximum atomic E-state index is 5.69. The SMILES string of the molecule is c1ccc2c(c1)OCCN2c1cc2c(nn1)CNCC2. The summed E-state index contributed by atoms with van der Waals surface area (Å²) in [5.74, 6) is 1.83. The summed E-state index contributed by atoms with van der Waals surface area (Å²) >= 11 is 0. The van der Waals surface area contributed by atoms with Crippen LogP contribution in [0.5, 0.6) is 5.75 Å². The van der Waals surface area contributed by atoms with Crippen LogP contribution in [0.1, 0.15) is 11.3 Å². The highest BCUT2D eigenvalue weighted by atomic mass is 16.5. The average molecular weight is 268 g/mol. The molecule has 1 aromatic carbocycles. The predicted molar refractivity (Wildman–Crippen MR) is 76.4 cm³/mol. The molecule has 2 aliphatic heterocycles. The summed E-state index contributed by atoms with van der Waals surface area (Å²) in [5.41, 5.74) is 3.45. The molecule has 2 aromatic rings. The van der Waals surface area contributed by atoms with Crippen molar-refractivity contribution in [3.8, 4) is 5.75 Å². The van der Waals surface area contributed by atoms with Gasteiger partial charge in [0.1, 0.15) is 12.4 Å². The van der Waals surface area contributed by atoms with Gasteiger partial charge in [-0.05, 0) is 36.7 Å². The van der Waals surface area contributed by atoms with Crippen molar-refractivity contribution in [3.05, 3.63) is 41.6 Å². The fourth-order valence-corrected chi connectivity index (χ4v) is 2.78. The second-order valence-electron chi connectivity index (χ2n) is 5.07. The quantitative estimate of drug-likeness (QED) is 0.852. The van der Waals surface area contributed by atoms with Gasteiger partial charge >= 0.3 is 0 Å². The van der Waals surface area contributed by atoms with Gasteiger partial charge in [-0.15, -0.1) is 5.10 Å². The smallest absolute Gasteiger partial charge is 0.156 e. The average Bonchev–Trinajstić information content (AvgIpc) is 2.54. The van der Waals surface area contributed by atoms with Crippen molar-refractivity contribution in [2.45, 2.75) is 13.0 Å². The number of hydrogen-bond donors (Lipinski definition) is 1. The Morgan fingerprint density at radius 2 is 2.15 bits per heavy atom. The molecule has 0 atom stereocenters. The Hall–Kier alpha value is -2.14. The zero-order valence-corrected chi connectivity index (χ0v) is 11.2. The highest BCUT2D eigenvalue weighted by molar-refractivity contribution is 5.68.